The summed E-state index contributed by atoms with van der Waals surface area (Å²) < 4.78 is 37.1. The van der Waals surface area contributed by atoms with Gasteiger partial charge in [-0.1, -0.05) is 18.2 Å². The predicted octanol–water partition coefficient (Wildman–Crippen LogP) is 4.33. The van der Waals surface area contributed by atoms with Crippen molar-refractivity contribution in [3.63, 3.8) is 0 Å². The number of ether oxygens (including phenoxy) is 1. The minimum atomic E-state index is -0.797. The lowest BCUT2D eigenvalue weighted by atomic mass is 10.2. The zero-order chi connectivity index (χ0) is 18.5. The normalized spacial score (nSPS) is 12.3. The first-order valence-electron chi connectivity index (χ1n) is 7.75. The molecule has 132 valence electrons. The number of carbonyl (C=O) groups is 1. The number of hydrogen-bond acceptors (Lipinski definition) is 5. The molecule has 26 heavy (non-hydrogen) atoms. The lowest BCUT2D eigenvalue weighted by molar-refractivity contribution is -0.143. The van der Waals surface area contributed by atoms with Crippen LogP contribution in [0.1, 0.15) is 24.5 Å². The van der Waals surface area contributed by atoms with E-state index >= 15 is 0 Å². The summed E-state index contributed by atoms with van der Waals surface area (Å²) in [7, 11) is 0. The summed E-state index contributed by atoms with van der Waals surface area (Å²) in [5.74, 6) is -1.22. The monoisotopic (exact) mass is 356 g/mol. The predicted molar refractivity (Wildman–Crippen MR) is 89.6 cm³/mol. The van der Waals surface area contributed by atoms with Crippen LogP contribution in [0.5, 0.6) is 0 Å². The van der Waals surface area contributed by atoms with Gasteiger partial charge in [-0.25, -0.2) is 13.6 Å². The summed E-state index contributed by atoms with van der Waals surface area (Å²) in [5, 5.41) is 7.68. The summed E-state index contributed by atoms with van der Waals surface area (Å²) in [6.07, 6.45) is 1.64. The Hall–Kier alpha value is -3.35. The molecule has 3 rings (SSSR count). The van der Waals surface area contributed by atoms with Crippen molar-refractivity contribution in [2.45, 2.75) is 13.0 Å². The van der Waals surface area contributed by atoms with E-state index in [1.807, 2.05) is 0 Å². The Labute approximate surface area is 147 Å². The summed E-state index contributed by atoms with van der Waals surface area (Å²) in [6.45, 7) is 1.57. The average molecular weight is 356 g/mol. The van der Waals surface area contributed by atoms with E-state index in [0.29, 0.717) is 5.56 Å². The molecule has 3 aromatic rings. The van der Waals surface area contributed by atoms with Crippen LogP contribution in [0, 0.1) is 11.6 Å². The Bertz CT molecular complexity index is 936. The van der Waals surface area contributed by atoms with Crippen LogP contribution in [0.3, 0.4) is 0 Å². The lowest BCUT2D eigenvalue weighted by Crippen LogP contribution is -2.06. The van der Waals surface area contributed by atoms with Crippen LogP contribution >= 0.6 is 0 Å². The number of nitrogens with zero attached hydrogens (tertiary/aromatic N) is 2. The molecule has 0 amide bonds. The molecule has 0 saturated heterocycles. The molecule has 0 fully saturated rings. The fourth-order valence-corrected chi connectivity index (χ4v) is 2.14. The number of benzene rings is 2. The molecule has 0 spiro atoms. The van der Waals surface area contributed by atoms with E-state index in [-0.39, 0.29) is 23.2 Å². The molecule has 0 aliphatic rings. The van der Waals surface area contributed by atoms with E-state index in [0.717, 1.165) is 6.08 Å². The van der Waals surface area contributed by atoms with Gasteiger partial charge in [0.05, 0.1) is 0 Å². The van der Waals surface area contributed by atoms with E-state index in [1.165, 1.54) is 42.5 Å². The average Bonchev–Trinajstić information content (AvgIpc) is 3.12. The fraction of sp³-hybridized carbons (Fsp3) is 0.105. The van der Waals surface area contributed by atoms with Crippen molar-refractivity contribution in [3.8, 4) is 11.5 Å². The van der Waals surface area contributed by atoms with Crippen molar-refractivity contribution in [1.82, 2.24) is 10.2 Å². The van der Waals surface area contributed by atoms with Crippen LogP contribution in [0.25, 0.3) is 17.5 Å². The summed E-state index contributed by atoms with van der Waals surface area (Å²) in [4.78, 5) is 11.9. The van der Waals surface area contributed by atoms with E-state index in [4.69, 9.17) is 9.15 Å². The number of carbonyl (C=O) groups excluding carboxylic acids is 1. The molecule has 0 unspecified atom stereocenters. The van der Waals surface area contributed by atoms with Gasteiger partial charge in [-0.05, 0) is 43.3 Å². The molecule has 7 heteroatoms. The Kier molecular flexibility index (Phi) is 5.17. The standard InChI is InChI=1S/C19H14F2N2O3/c1-12(25-17(24)11-8-13-4-2-3-5-16(13)21)18-22-23-19(26-18)14-6-9-15(20)10-7-14/h2-12H,1H3/b11-8+/t12-/m1/s1. The second-order valence-corrected chi connectivity index (χ2v) is 5.39. The summed E-state index contributed by atoms with van der Waals surface area (Å²) in [6, 6.07) is 11.6. The highest BCUT2D eigenvalue weighted by Crippen LogP contribution is 2.22. The van der Waals surface area contributed by atoms with Gasteiger partial charge in [0.15, 0.2) is 6.10 Å². The number of aromatic nitrogens is 2. The quantitative estimate of drug-likeness (QED) is 0.503. The van der Waals surface area contributed by atoms with Gasteiger partial charge >= 0.3 is 5.97 Å². The van der Waals surface area contributed by atoms with Gasteiger partial charge in [-0.3, -0.25) is 0 Å². The van der Waals surface area contributed by atoms with Crippen LogP contribution in [0.15, 0.2) is 59.0 Å². The maximum atomic E-state index is 13.5. The summed E-state index contributed by atoms with van der Waals surface area (Å²) in [5.41, 5.74) is 0.816. The van der Waals surface area contributed by atoms with Gasteiger partial charge in [0.2, 0.25) is 5.89 Å². The Morgan fingerprint density at radius 2 is 1.85 bits per heavy atom. The first kappa shape index (κ1) is 17.5. The van der Waals surface area contributed by atoms with Crippen LogP contribution in [0.2, 0.25) is 0 Å². The maximum Gasteiger partial charge on any atom is 0.331 e. The van der Waals surface area contributed by atoms with Crippen LogP contribution in [-0.2, 0) is 9.53 Å². The molecular formula is C19H14F2N2O3. The van der Waals surface area contributed by atoms with Crippen molar-refractivity contribution in [2.24, 2.45) is 0 Å². The van der Waals surface area contributed by atoms with Crippen molar-refractivity contribution < 1.29 is 22.7 Å². The largest absolute Gasteiger partial charge is 0.449 e. The SMILES string of the molecule is C[C@@H](OC(=O)/C=C/c1ccccc1F)c1nnc(-c2ccc(F)cc2)o1. The minimum absolute atomic E-state index is 0.0944. The molecule has 0 aliphatic carbocycles. The van der Waals surface area contributed by atoms with E-state index < -0.39 is 17.9 Å². The number of hydrogen-bond donors (Lipinski definition) is 0. The molecule has 1 heterocycles. The molecule has 1 aromatic heterocycles. The first-order valence-corrected chi connectivity index (χ1v) is 7.75. The third-order valence-electron chi connectivity index (χ3n) is 3.48. The van der Waals surface area contributed by atoms with Crippen molar-refractivity contribution in [3.05, 3.63) is 77.7 Å². The van der Waals surface area contributed by atoms with Crippen molar-refractivity contribution >= 4 is 12.0 Å². The molecule has 0 aliphatic heterocycles. The number of rotatable bonds is 5. The molecule has 0 radical (unpaired) electrons. The summed E-state index contributed by atoms with van der Waals surface area (Å²) >= 11 is 0. The highest BCUT2D eigenvalue weighted by Gasteiger charge is 2.18. The Balaban J connectivity index is 1.64. The number of halogens is 2. The molecule has 0 saturated carbocycles. The topological polar surface area (TPSA) is 65.2 Å². The zero-order valence-corrected chi connectivity index (χ0v) is 13.7. The second kappa shape index (κ2) is 7.69. The van der Waals surface area contributed by atoms with E-state index in [9.17, 15) is 13.6 Å². The molecule has 2 aromatic carbocycles. The number of esters is 1. The van der Waals surface area contributed by atoms with Crippen molar-refractivity contribution in [1.29, 1.82) is 0 Å². The second-order valence-electron chi connectivity index (χ2n) is 5.39. The van der Waals surface area contributed by atoms with E-state index in [1.54, 1.807) is 19.1 Å². The molecule has 0 bridgehead atoms. The third-order valence-corrected chi connectivity index (χ3v) is 3.48. The van der Waals surface area contributed by atoms with Gasteiger partial charge in [0.1, 0.15) is 11.6 Å². The lowest BCUT2D eigenvalue weighted by Gasteiger charge is -2.06. The van der Waals surface area contributed by atoms with Gasteiger partial charge in [-0.2, -0.15) is 0 Å². The van der Waals surface area contributed by atoms with Crippen LogP contribution in [0.4, 0.5) is 8.78 Å². The Morgan fingerprint density at radius 1 is 1.12 bits per heavy atom. The molecule has 5 nitrogen and oxygen atoms in total. The smallest absolute Gasteiger partial charge is 0.331 e. The van der Waals surface area contributed by atoms with Gasteiger partial charge in [0, 0.05) is 17.2 Å². The zero-order valence-electron chi connectivity index (χ0n) is 13.7. The van der Waals surface area contributed by atoms with Gasteiger partial charge in [0.25, 0.3) is 5.89 Å². The molecular weight excluding hydrogens is 342 g/mol. The molecule has 0 N–H and O–H groups in total. The first-order chi connectivity index (χ1) is 12.5. The van der Waals surface area contributed by atoms with Crippen LogP contribution in [-0.4, -0.2) is 16.2 Å². The van der Waals surface area contributed by atoms with Crippen LogP contribution < -0.4 is 0 Å². The molecule has 1 atom stereocenters. The van der Waals surface area contributed by atoms with E-state index in [2.05, 4.69) is 10.2 Å². The highest BCUT2D eigenvalue weighted by atomic mass is 19.1. The Morgan fingerprint density at radius 3 is 2.58 bits per heavy atom. The van der Waals surface area contributed by atoms with Gasteiger partial charge < -0.3 is 9.15 Å². The van der Waals surface area contributed by atoms with Gasteiger partial charge in [-0.15, -0.1) is 10.2 Å². The van der Waals surface area contributed by atoms with Crippen molar-refractivity contribution in [2.75, 3.05) is 0 Å². The third kappa shape index (κ3) is 4.18. The minimum Gasteiger partial charge on any atom is -0.449 e. The maximum absolute atomic E-state index is 13.5. The fourth-order valence-electron chi connectivity index (χ4n) is 2.14. The highest BCUT2D eigenvalue weighted by molar-refractivity contribution is 5.87.